The molecule has 2 N–H and O–H groups in total. The van der Waals surface area contributed by atoms with Crippen LogP contribution in [0.1, 0.15) is 38.5 Å². The van der Waals surface area contributed by atoms with Gasteiger partial charge in [0.2, 0.25) is 0 Å². The fourth-order valence-corrected chi connectivity index (χ4v) is 4.74. The Kier molecular flexibility index (Phi) is 3.68. The molecule has 0 amide bonds. The van der Waals surface area contributed by atoms with Gasteiger partial charge >= 0.3 is 0 Å². The average molecular weight is 405 g/mol. The van der Waals surface area contributed by atoms with Gasteiger partial charge in [0.15, 0.2) is 5.78 Å². The van der Waals surface area contributed by atoms with Crippen LogP contribution in [0.15, 0.2) is 89.2 Å². The van der Waals surface area contributed by atoms with E-state index in [9.17, 15) is 9.59 Å². The summed E-state index contributed by atoms with van der Waals surface area (Å²) in [4.78, 5) is 27.1. The van der Waals surface area contributed by atoms with Gasteiger partial charge in [0.25, 0.3) is 5.56 Å². The quantitative estimate of drug-likeness (QED) is 0.511. The number of aromatic nitrogens is 2. The molecule has 3 aromatic carbocycles. The van der Waals surface area contributed by atoms with Gasteiger partial charge in [-0.15, -0.1) is 0 Å². The van der Waals surface area contributed by atoms with E-state index < -0.39 is 5.92 Å². The Bertz CT molecular complexity index is 1460. The van der Waals surface area contributed by atoms with Gasteiger partial charge in [0.1, 0.15) is 5.82 Å². The Balaban J connectivity index is 1.63. The number of anilines is 1. The summed E-state index contributed by atoms with van der Waals surface area (Å²) in [6, 6.07) is 25.1. The molecule has 2 aliphatic rings. The number of hydrogen-bond acceptors (Lipinski definition) is 3. The summed E-state index contributed by atoms with van der Waals surface area (Å²) in [6.45, 7) is 2.02. The first-order valence-electron chi connectivity index (χ1n) is 10.3. The third-order valence-electron chi connectivity index (χ3n) is 6.10. The van der Waals surface area contributed by atoms with Crippen LogP contribution in [0.5, 0.6) is 0 Å². The molecule has 0 saturated carbocycles. The summed E-state index contributed by atoms with van der Waals surface area (Å²) in [5.41, 5.74) is 6.14. The Morgan fingerprint density at radius 2 is 1.58 bits per heavy atom. The van der Waals surface area contributed by atoms with E-state index in [1.54, 1.807) is 4.68 Å². The van der Waals surface area contributed by atoms with Crippen molar-refractivity contribution in [3.05, 3.63) is 123 Å². The van der Waals surface area contributed by atoms with Crippen LogP contribution >= 0.6 is 0 Å². The van der Waals surface area contributed by atoms with Crippen LogP contribution in [0.4, 0.5) is 5.82 Å². The molecule has 5 heteroatoms. The number of nitrogens with zero attached hydrogens (tertiary/aromatic N) is 1. The van der Waals surface area contributed by atoms with Crippen molar-refractivity contribution < 1.29 is 4.79 Å². The number of nitrogens with one attached hydrogen (secondary N) is 2. The van der Waals surface area contributed by atoms with Crippen molar-refractivity contribution in [2.45, 2.75) is 12.8 Å². The van der Waals surface area contributed by atoms with Crippen LogP contribution in [0.2, 0.25) is 0 Å². The normalized spacial score (nSPS) is 16.5. The van der Waals surface area contributed by atoms with Crippen LogP contribution in [0.25, 0.3) is 11.4 Å². The van der Waals surface area contributed by atoms with Gasteiger partial charge in [0.05, 0.1) is 16.9 Å². The lowest BCUT2D eigenvalue weighted by Gasteiger charge is -2.25. The summed E-state index contributed by atoms with van der Waals surface area (Å²) in [5, 5.41) is 6.61. The molecular weight excluding hydrogens is 386 g/mol. The SMILES string of the molecule is Cc1cccc([C@@H]2C3=C(Nc4[nH]n(-c5ccccc5)c(=O)c42)c2ccccc2C3=O)c1. The summed E-state index contributed by atoms with van der Waals surface area (Å²) in [5.74, 6) is 0.158. The minimum atomic E-state index is -0.445. The van der Waals surface area contributed by atoms with E-state index in [2.05, 4.69) is 16.5 Å². The van der Waals surface area contributed by atoms with Gasteiger partial charge in [-0.2, -0.15) is 0 Å². The molecule has 1 atom stereocenters. The van der Waals surface area contributed by atoms with Crippen LogP contribution < -0.4 is 10.9 Å². The Hall–Kier alpha value is -4.12. The van der Waals surface area contributed by atoms with E-state index in [4.69, 9.17) is 0 Å². The zero-order valence-electron chi connectivity index (χ0n) is 16.8. The number of rotatable bonds is 2. The fourth-order valence-electron chi connectivity index (χ4n) is 4.74. The molecule has 0 spiro atoms. The number of Topliss-reactive ketones (excluding diaryl/α,β-unsaturated/α-hetero) is 1. The van der Waals surface area contributed by atoms with Crippen molar-refractivity contribution in [3.63, 3.8) is 0 Å². The smallest absolute Gasteiger partial charge is 0.277 e. The third kappa shape index (κ3) is 2.50. The predicted molar refractivity (Wildman–Crippen MR) is 121 cm³/mol. The number of hydrogen-bond donors (Lipinski definition) is 2. The Morgan fingerprint density at radius 3 is 2.35 bits per heavy atom. The van der Waals surface area contributed by atoms with Crippen LogP contribution in [-0.4, -0.2) is 15.6 Å². The first-order valence-corrected chi connectivity index (χ1v) is 10.3. The van der Waals surface area contributed by atoms with Crippen molar-refractivity contribution >= 4 is 17.3 Å². The molecule has 1 aliphatic carbocycles. The first kappa shape index (κ1) is 17.7. The lowest BCUT2D eigenvalue weighted by Crippen LogP contribution is -2.25. The number of benzene rings is 3. The van der Waals surface area contributed by atoms with E-state index in [1.807, 2.05) is 79.7 Å². The molecule has 5 nitrogen and oxygen atoms in total. The highest BCUT2D eigenvalue weighted by atomic mass is 16.1. The van der Waals surface area contributed by atoms with Crippen molar-refractivity contribution in [2.75, 3.05) is 5.32 Å². The number of carbonyl (C=O) groups excluding carboxylic acids is 1. The molecular formula is C26H19N3O2. The summed E-state index contributed by atoms with van der Waals surface area (Å²) < 4.78 is 1.54. The number of para-hydroxylation sites is 1. The van der Waals surface area contributed by atoms with Crippen LogP contribution in [0, 0.1) is 6.92 Å². The summed E-state index contributed by atoms with van der Waals surface area (Å²) in [6.07, 6.45) is 0. The molecule has 4 aromatic rings. The first-order chi connectivity index (χ1) is 15.1. The van der Waals surface area contributed by atoms with E-state index in [-0.39, 0.29) is 11.3 Å². The van der Waals surface area contributed by atoms with E-state index in [0.29, 0.717) is 22.5 Å². The second kappa shape index (κ2) is 6.44. The maximum absolute atomic E-state index is 13.6. The summed E-state index contributed by atoms with van der Waals surface area (Å²) >= 11 is 0. The molecule has 6 rings (SSSR count). The van der Waals surface area contributed by atoms with Gasteiger partial charge in [-0.25, -0.2) is 4.68 Å². The van der Waals surface area contributed by atoms with Crippen molar-refractivity contribution in [1.82, 2.24) is 9.78 Å². The number of ketones is 1. The fraction of sp³-hybridized carbons (Fsp3) is 0.0769. The number of allylic oxidation sites excluding steroid dienone is 1. The zero-order valence-corrected chi connectivity index (χ0v) is 16.8. The highest BCUT2D eigenvalue weighted by molar-refractivity contribution is 6.23. The van der Waals surface area contributed by atoms with Crippen molar-refractivity contribution in [2.24, 2.45) is 0 Å². The number of fused-ring (bicyclic) bond motifs is 3. The minimum absolute atomic E-state index is 0.0258. The maximum atomic E-state index is 13.6. The molecule has 0 saturated heterocycles. The molecule has 0 radical (unpaired) electrons. The molecule has 31 heavy (non-hydrogen) atoms. The van der Waals surface area contributed by atoms with E-state index >= 15 is 0 Å². The van der Waals surface area contributed by atoms with Gasteiger partial charge in [0, 0.05) is 22.6 Å². The number of aryl methyl sites for hydroxylation is 1. The largest absolute Gasteiger partial charge is 0.339 e. The van der Waals surface area contributed by atoms with Gasteiger partial charge in [-0.05, 0) is 24.6 Å². The van der Waals surface area contributed by atoms with E-state index in [0.717, 1.165) is 28.1 Å². The average Bonchev–Trinajstić information content (AvgIpc) is 3.28. The van der Waals surface area contributed by atoms with Crippen molar-refractivity contribution in [3.8, 4) is 5.69 Å². The Labute approximate surface area is 178 Å². The van der Waals surface area contributed by atoms with E-state index in [1.165, 1.54) is 0 Å². The topological polar surface area (TPSA) is 66.9 Å². The number of carbonyl (C=O) groups is 1. The maximum Gasteiger partial charge on any atom is 0.277 e. The lowest BCUT2D eigenvalue weighted by atomic mass is 9.81. The summed E-state index contributed by atoms with van der Waals surface area (Å²) in [7, 11) is 0. The number of aromatic amines is 1. The van der Waals surface area contributed by atoms with Gasteiger partial charge < -0.3 is 5.32 Å². The molecule has 2 heterocycles. The molecule has 0 bridgehead atoms. The molecule has 150 valence electrons. The molecule has 1 aromatic heterocycles. The lowest BCUT2D eigenvalue weighted by molar-refractivity contribution is 0.103. The molecule has 0 unspecified atom stereocenters. The van der Waals surface area contributed by atoms with Gasteiger partial charge in [-0.3, -0.25) is 14.7 Å². The van der Waals surface area contributed by atoms with Gasteiger partial charge in [-0.1, -0.05) is 72.3 Å². The Morgan fingerprint density at radius 1 is 0.839 bits per heavy atom. The number of H-pyrrole nitrogens is 1. The highest BCUT2D eigenvalue weighted by Gasteiger charge is 2.42. The standard InChI is InChI=1S/C26H19N3O2/c1-15-8-7-9-16(14-15)20-21-23(18-12-5-6-13-19(18)24(21)30)27-25-22(20)26(31)29(28-25)17-10-3-2-4-11-17/h2-14,20,27-28H,1H3/t20-/m1/s1. The third-order valence-corrected chi connectivity index (χ3v) is 6.10. The van der Waals surface area contributed by atoms with Crippen LogP contribution in [-0.2, 0) is 0 Å². The minimum Gasteiger partial charge on any atom is -0.339 e. The van der Waals surface area contributed by atoms with Crippen molar-refractivity contribution in [1.29, 1.82) is 0 Å². The van der Waals surface area contributed by atoms with Crippen LogP contribution in [0.3, 0.4) is 0 Å². The second-order valence-electron chi connectivity index (χ2n) is 8.01. The molecule has 0 fully saturated rings. The monoisotopic (exact) mass is 405 g/mol. The predicted octanol–water partition coefficient (Wildman–Crippen LogP) is 4.64. The second-order valence-corrected chi connectivity index (χ2v) is 8.01. The zero-order chi connectivity index (χ0) is 21.1. The molecule has 1 aliphatic heterocycles. The highest BCUT2D eigenvalue weighted by Crippen LogP contribution is 2.47.